The van der Waals surface area contributed by atoms with Crippen LogP contribution < -0.4 is 15.3 Å². The Labute approximate surface area is 208 Å². The molecule has 0 unspecified atom stereocenters. The molecule has 1 aromatic heterocycles. The maximum atomic E-state index is 13.6. The summed E-state index contributed by atoms with van der Waals surface area (Å²) in [4.78, 5) is 39.8. The topological polar surface area (TPSA) is 76.9 Å². The van der Waals surface area contributed by atoms with Crippen LogP contribution in [-0.4, -0.2) is 46.0 Å². The van der Waals surface area contributed by atoms with E-state index in [-0.39, 0.29) is 25.0 Å². The van der Waals surface area contributed by atoms with E-state index < -0.39 is 29.0 Å². The fraction of sp³-hybridized carbons (Fsp3) is 0.560. The highest BCUT2D eigenvalue weighted by Crippen LogP contribution is 2.32. The zero-order valence-corrected chi connectivity index (χ0v) is 21.5. The molecule has 2 heterocycles. The van der Waals surface area contributed by atoms with Crippen LogP contribution in [0.4, 0.5) is 29.6 Å². The number of carbonyl (C=O) groups excluding carboxylic acids is 1. The number of halogens is 3. The maximum Gasteiger partial charge on any atom is 0.416 e. The molecular weight excluding hydrogens is 477 g/mol. The molecule has 0 saturated carbocycles. The summed E-state index contributed by atoms with van der Waals surface area (Å²) in [5.74, 6) is 0.271. The molecule has 0 atom stereocenters. The fourth-order valence-corrected chi connectivity index (χ4v) is 3.71. The number of carbonyl (C=O) groups is 1. The van der Waals surface area contributed by atoms with E-state index in [1.54, 1.807) is 32.6 Å². The summed E-state index contributed by atoms with van der Waals surface area (Å²) in [6, 6.07) is 4.67. The predicted octanol–water partition coefficient (Wildman–Crippen LogP) is 4.80. The first-order chi connectivity index (χ1) is 16.7. The second kappa shape index (κ2) is 10.4. The van der Waals surface area contributed by atoms with Gasteiger partial charge in [-0.25, -0.2) is 9.78 Å². The highest BCUT2D eigenvalue weighted by atomic mass is 19.4. The number of hydrogen-bond acceptors (Lipinski definition) is 6. The second-order valence-corrected chi connectivity index (χ2v) is 10.1. The molecule has 8 nitrogen and oxygen atoms in total. The molecule has 0 saturated heterocycles. The van der Waals surface area contributed by atoms with Gasteiger partial charge in [-0.2, -0.15) is 13.2 Å². The van der Waals surface area contributed by atoms with E-state index in [4.69, 9.17) is 14.6 Å². The van der Waals surface area contributed by atoms with Gasteiger partial charge in [0.15, 0.2) is 0 Å². The summed E-state index contributed by atoms with van der Waals surface area (Å²) in [7, 11) is 0. The summed E-state index contributed by atoms with van der Waals surface area (Å²) in [6.07, 6.45) is -4.65. The third kappa shape index (κ3) is 6.30. The summed E-state index contributed by atoms with van der Waals surface area (Å²) in [6.45, 7) is 11.8. The Balaban J connectivity index is 2.04. The van der Waals surface area contributed by atoms with Gasteiger partial charge in [0.25, 0.3) is 5.56 Å². The van der Waals surface area contributed by atoms with Gasteiger partial charge in [-0.15, -0.1) is 4.73 Å². The number of fused-ring (bicyclic) bond motifs is 1. The van der Waals surface area contributed by atoms with Crippen LogP contribution in [0.2, 0.25) is 0 Å². The highest BCUT2D eigenvalue weighted by Gasteiger charge is 2.32. The van der Waals surface area contributed by atoms with Crippen molar-refractivity contribution in [3.05, 3.63) is 51.4 Å². The van der Waals surface area contributed by atoms with Crippen LogP contribution in [0.5, 0.6) is 0 Å². The molecule has 1 aliphatic heterocycles. The number of alkyl halides is 3. The lowest BCUT2D eigenvalue weighted by Crippen LogP contribution is -2.45. The predicted molar refractivity (Wildman–Crippen MR) is 129 cm³/mol. The van der Waals surface area contributed by atoms with Gasteiger partial charge in [0.05, 0.1) is 23.4 Å². The number of amides is 1. The maximum absolute atomic E-state index is 13.6. The lowest BCUT2D eigenvalue weighted by molar-refractivity contribution is -0.137. The van der Waals surface area contributed by atoms with Crippen molar-refractivity contribution in [3.63, 3.8) is 0 Å². The number of anilines is 2. The van der Waals surface area contributed by atoms with E-state index in [0.717, 1.165) is 16.9 Å². The Morgan fingerprint density at radius 3 is 2.33 bits per heavy atom. The molecule has 198 valence electrons. The number of nitrogens with zero attached hydrogens (tertiary/aromatic N) is 4. The largest absolute Gasteiger partial charge is 0.444 e. The summed E-state index contributed by atoms with van der Waals surface area (Å²) in [5, 5.41) is 0. The SMILES string of the molecule is CCN(c1ccc(C(F)(F)F)cc1)c1nc2c(c(=O)n1OCC(C)C)CN(C(=O)OC(C)(C)C)CC2. The molecular formula is C25H33F3N4O4. The van der Waals surface area contributed by atoms with E-state index in [9.17, 15) is 22.8 Å². The van der Waals surface area contributed by atoms with Gasteiger partial charge in [-0.05, 0) is 57.9 Å². The molecule has 11 heteroatoms. The Morgan fingerprint density at radius 2 is 1.81 bits per heavy atom. The van der Waals surface area contributed by atoms with Crippen LogP contribution in [0.1, 0.15) is 58.4 Å². The molecule has 0 fully saturated rings. The molecule has 2 aromatic rings. The quantitative estimate of drug-likeness (QED) is 0.556. The van der Waals surface area contributed by atoms with Crippen molar-refractivity contribution in [2.24, 2.45) is 5.92 Å². The van der Waals surface area contributed by atoms with Crippen molar-refractivity contribution in [1.29, 1.82) is 0 Å². The van der Waals surface area contributed by atoms with Gasteiger partial charge < -0.3 is 19.4 Å². The van der Waals surface area contributed by atoms with Crippen molar-refractivity contribution < 1.29 is 27.5 Å². The van der Waals surface area contributed by atoms with Gasteiger partial charge in [0.1, 0.15) is 12.2 Å². The summed E-state index contributed by atoms with van der Waals surface area (Å²) in [5.41, 5.74) is -0.632. The van der Waals surface area contributed by atoms with Gasteiger partial charge in [-0.3, -0.25) is 4.79 Å². The number of rotatable bonds is 6. The van der Waals surface area contributed by atoms with Gasteiger partial charge in [0.2, 0.25) is 5.95 Å². The van der Waals surface area contributed by atoms with E-state index >= 15 is 0 Å². The highest BCUT2D eigenvalue weighted by molar-refractivity contribution is 5.68. The first-order valence-electron chi connectivity index (χ1n) is 11.9. The number of hydrogen-bond donors (Lipinski definition) is 0. The van der Waals surface area contributed by atoms with Crippen molar-refractivity contribution in [2.75, 3.05) is 24.6 Å². The minimum Gasteiger partial charge on any atom is -0.444 e. The van der Waals surface area contributed by atoms with Crippen molar-refractivity contribution in [3.8, 4) is 0 Å². The number of aromatic nitrogens is 2. The van der Waals surface area contributed by atoms with Gasteiger partial charge in [-0.1, -0.05) is 13.8 Å². The van der Waals surface area contributed by atoms with Gasteiger partial charge in [0, 0.05) is 25.2 Å². The third-order valence-electron chi connectivity index (χ3n) is 5.43. The second-order valence-electron chi connectivity index (χ2n) is 10.1. The molecule has 1 amide bonds. The standard InChI is InChI=1S/C25H33F3N4O4/c1-7-31(18-10-8-17(9-11-18)25(26,27)28)22-29-20-12-13-30(23(34)36-24(4,5)6)14-19(20)21(33)32(22)35-15-16(2)3/h8-11,16H,7,12-15H2,1-6H3. The molecule has 3 rings (SSSR count). The third-order valence-corrected chi connectivity index (χ3v) is 5.43. The normalized spacial score (nSPS) is 14.0. The number of ether oxygens (including phenoxy) is 1. The van der Waals surface area contributed by atoms with Crippen molar-refractivity contribution in [2.45, 2.75) is 66.3 Å². The Hall–Kier alpha value is -3.24. The molecule has 0 aliphatic carbocycles. The summed E-state index contributed by atoms with van der Waals surface area (Å²) < 4.78 is 45.7. The minimum absolute atomic E-state index is 0.0216. The molecule has 0 N–H and O–H groups in total. The Kier molecular flexibility index (Phi) is 7.90. The van der Waals surface area contributed by atoms with Gasteiger partial charge >= 0.3 is 12.3 Å². The van der Waals surface area contributed by atoms with E-state index in [0.29, 0.717) is 36.5 Å². The van der Waals surface area contributed by atoms with Crippen LogP contribution >= 0.6 is 0 Å². The molecule has 0 radical (unpaired) electrons. The van der Waals surface area contributed by atoms with E-state index in [2.05, 4.69) is 0 Å². The van der Waals surface area contributed by atoms with E-state index in [1.165, 1.54) is 17.0 Å². The molecule has 0 spiro atoms. The van der Waals surface area contributed by atoms with Crippen molar-refractivity contribution >= 4 is 17.7 Å². The number of benzene rings is 1. The zero-order valence-electron chi connectivity index (χ0n) is 21.5. The molecule has 1 aliphatic rings. The van der Waals surface area contributed by atoms with Crippen LogP contribution in [0, 0.1) is 5.92 Å². The molecule has 0 bridgehead atoms. The van der Waals surface area contributed by atoms with Crippen molar-refractivity contribution in [1.82, 2.24) is 14.6 Å². The first kappa shape index (κ1) is 27.3. The Bertz CT molecular complexity index is 1140. The average molecular weight is 511 g/mol. The average Bonchev–Trinajstić information content (AvgIpc) is 2.77. The van der Waals surface area contributed by atoms with Crippen LogP contribution in [-0.2, 0) is 23.9 Å². The van der Waals surface area contributed by atoms with Crippen LogP contribution in [0.3, 0.4) is 0 Å². The zero-order chi connectivity index (χ0) is 26.8. The summed E-state index contributed by atoms with van der Waals surface area (Å²) >= 11 is 0. The lowest BCUT2D eigenvalue weighted by atomic mass is 10.1. The van der Waals surface area contributed by atoms with Crippen LogP contribution in [0.15, 0.2) is 29.1 Å². The smallest absolute Gasteiger partial charge is 0.416 e. The minimum atomic E-state index is -4.46. The molecule has 1 aromatic carbocycles. The monoisotopic (exact) mass is 510 g/mol. The lowest BCUT2D eigenvalue weighted by Gasteiger charge is -2.32. The van der Waals surface area contributed by atoms with E-state index in [1.807, 2.05) is 13.8 Å². The molecule has 36 heavy (non-hydrogen) atoms. The fourth-order valence-electron chi connectivity index (χ4n) is 3.71. The van der Waals surface area contributed by atoms with Crippen LogP contribution in [0.25, 0.3) is 0 Å². The first-order valence-corrected chi connectivity index (χ1v) is 11.9. The Morgan fingerprint density at radius 1 is 1.17 bits per heavy atom.